The number of Topliss-reactive ketones (excluding diaryl/α,β-unsaturated/α-hetero) is 1. The molecule has 1 atom stereocenters. The van der Waals surface area contributed by atoms with E-state index >= 15 is 0 Å². The van der Waals surface area contributed by atoms with Crippen LogP contribution in [-0.2, 0) is 4.79 Å². The Hall–Kier alpha value is -2.51. The van der Waals surface area contributed by atoms with Gasteiger partial charge >= 0.3 is 6.03 Å². The zero-order valence-electron chi connectivity index (χ0n) is 15.0. The first-order chi connectivity index (χ1) is 12.9. The van der Waals surface area contributed by atoms with Gasteiger partial charge in [0, 0.05) is 37.7 Å². The van der Waals surface area contributed by atoms with Crippen molar-refractivity contribution in [1.29, 1.82) is 0 Å². The van der Waals surface area contributed by atoms with E-state index in [1.165, 1.54) is 11.0 Å². The summed E-state index contributed by atoms with van der Waals surface area (Å²) >= 11 is 0. The summed E-state index contributed by atoms with van der Waals surface area (Å²) in [7, 11) is 0. The fourth-order valence-electron chi connectivity index (χ4n) is 3.88. The van der Waals surface area contributed by atoms with Crippen molar-refractivity contribution in [2.45, 2.75) is 25.7 Å². The lowest BCUT2D eigenvalue weighted by Gasteiger charge is -2.37. The molecular weight excluding hydrogens is 356 g/mol. The van der Waals surface area contributed by atoms with Crippen molar-refractivity contribution in [3.63, 3.8) is 0 Å². The Morgan fingerprint density at radius 2 is 1.63 bits per heavy atom. The summed E-state index contributed by atoms with van der Waals surface area (Å²) in [6.45, 7) is 1.78. The van der Waals surface area contributed by atoms with Crippen molar-refractivity contribution >= 4 is 17.7 Å². The highest BCUT2D eigenvalue weighted by atomic mass is 19.2. The Kier molecular flexibility index (Phi) is 5.72. The molecule has 2 heterocycles. The molecule has 1 aromatic rings. The lowest BCUT2D eigenvalue weighted by Crippen LogP contribution is -2.50. The number of likely N-dealkylation sites (tertiary alicyclic amines) is 2. The summed E-state index contributed by atoms with van der Waals surface area (Å²) in [5, 5.41) is 0. The predicted octanol–water partition coefficient (Wildman–Crippen LogP) is 2.18. The van der Waals surface area contributed by atoms with Crippen LogP contribution in [0.25, 0.3) is 0 Å². The number of hydrogen-bond donors (Lipinski definition) is 1. The van der Waals surface area contributed by atoms with E-state index in [4.69, 9.17) is 5.73 Å². The van der Waals surface area contributed by atoms with Crippen LogP contribution in [0.4, 0.5) is 13.6 Å². The first-order valence-corrected chi connectivity index (χ1v) is 9.19. The van der Waals surface area contributed by atoms with Crippen molar-refractivity contribution < 1.29 is 23.2 Å². The molecule has 2 fully saturated rings. The average molecular weight is 379 g/mol. The number of nitrogens with zero attached hydrogens (tertiary/aromatic N) is 2. The van der Waals surface area contributed by atoms with Crippen molar-refractivity contribution in [2.75, 3.05) is 26.2 Å². The molecule has 1 aromatic carbocycles. The minimum absolute atomic E-state index is 0.0142. The summed E-state index contributed by atoms with van der Waals surface area (Å²) in [5.74, 6) is -2.83. The molecule has 6 nitrogen and oxygen atoms in total. The SMILES string of the molecule is NC(=O)N1CCC[C@H](C(=O)N2CCC(C(=O)c3ccc(F)c(F)c3)CC2)C1. The molecule has 2 aliphatic rings. The largest absolute Gasteiger partial charge is 0.351 e. The topological polar surface area (TPSA) is 83.7 Å². The van der Waals surface area contributed by atoms with E-state index in [1.54, 1.807) is 4.90 Å². The normalized spacial score (nSPS) is 21.2. The van der Waals surface area contributed by atoms with E-state index in [-0.39, 0.29) is 29.1 Å². The number of benzene rings is 1. The van der Waals surface area contributed by atoms with Crippen LogP contribution >= 0.6 is 0 Å². The Morgan fingerprint density at radius 3 is 2.26 bits per heavy atom. The first kappa shape index (κ1) is 19.3. The summed E-state index contributed by atoms with van der Waals surface area (Å²) in [6, 6.07) is 2.66. The molecule has 0 spiro atoms. The van der Waals surface area contributed by atoms with Gasteiger partial charge in [-0.3, -0.25) is 9.59 Å². The second kappa shape index (κ2) is 8.02. The zero-order valence-corrected chi connectivity index (χ0v) is 15.0. The molecule has 0 aliphatic carbocycles. The van der Waals surface area contributed by atoms with Crippen LogP contribution in [0.1, 0.15) is 36.0 Å². The van der Waals surface area contributed by atoms with E-state index in [9.17, 15) is 23.2 Å². The van der Waals surface area contributed by atoms with Gasteiger partial charge in [-0.25, -0.2) is 13.6 Å². The molecule has 8 heteroatoms. The van der Waals surface area contributed by atoms with Crippen molar-refractivity contribution in [2.24, 2.45) is 17.6 Å². The lowest BCUT2D eigenvalue weighted by molar-refractivity contribution is -0.138. The van der Waals surface area contributed by atoms with Gasteiger partial charge in [0.05, 0.1) is 5.92 Å². The van der Waals surface area contributed by atoms with Crippen LogP contribution in [-0.4, -0.2) is 53.7 Å². The second-order valence-electron chi connectivity index (χ2n) is 7.22. The summed E-state index contributed by atoms with van der Waals surface area (Å²) in [4.78, 5) is 39.8. The average Bonchev–Trinajstić information content (AvgIpc) is 2.69. The molecule has 0 aromatic heterocycles. The maximum absolute atomic E-state index is 13.4. The Bertz CT molecular complexity index is 748. The van der Waals surface area contributed by atoms with Crippen LogP contribution in [0.3, 0.4) is 0 Å². The summed E-state index contributed by atoms with van der Waals surface area (Å²) in [6.07, 6.45) is 2.42. The third kappa shape index (κ3) is 4.26. The third-order valence-electron chi connectivity index (χ3n) is 5.46. The quantitative estimate of drug-likeness (QED) is 0.817. The van der Waals surface area contributed by atoms with Crippen molar-refractivity contribution in [1.82, 2.24) is 9.80 Å². The Balaban J connectivity index is 1.56. The molecule has 2 saturated heterocycles. The highest BCUT2D eigenvalue weighted by Crippen LogP contribution is 2.26. The minimum Gasteiger partial charge on any atom is -0.351 e. The van der Waals surface area contributed by atoms with Gasteiger partial charge in [-0.15, -0.1) is 0 Å². The number of primary amides is 1. The van der Waals surface area contributed by atoms with Crippen molar-refractivity contribution in [3.8, 4) is 0 Å². The Labute approximate surface area is 156 Å². The molecule has 3 amide bonds. The van der Waals surface area contributed by atoms with Gasteiger partial charge in [0.2, 0.25) is 5.91 Å². The molecule has 2 aliphatic heterocycles. The molecule has 0 saturated carbocycles. The molecule has 0 radical (unpaired) electrons. The van der Waals surface area contributed by atoms with Crippen LogP contribution in [0.15, 0.2) is 18.2 Å². The van der Waals surface area contributed by atoms with Gasteiger partial charge in [0.15, 0.2) is 17.4 Å². The van der Waals surface area contributed by atoms with Crippen molar-refractivity contribution in [3.05, 3.63) is 35.4 Å². The minimum atomic E-state index is -1.04. The molecule has 27 heavy (non-hydrogen) atoms. The molecular formula is C19H23F2N3O3. The number of halogens is 2. The third-order valence-corrected chi connectivity index (χ3v) is 5.46. The fraction of sp³-hybridized carbons (Fsp3) is 0.526. The summed E-state index contributed by atoms with van der Waals surface area (Å²) in [5.41, 5.74) is 5.46. The first-order valence-electron chi connectivity index (χ1n) is 9.19. The van der Waals surface area contributed by atoms with Crippen LogP contribution in [0.2, 0.25) is 0 Å². The molecule has 2 N–H and O–H groups in total. The van der Waals surface area contributed by atoms with E-state index in [1.807, 2.05) is 0 Å². The number of ketones is 1. The number of nitrogens with two attached hydrogens (primary N) is 1. The van der Waals surface area contributed by atoms with Crippen LogP contribution in [0.5, 0.6) is 0 Å². The standard InChI is InChI=1S/C19H23F2N3O3/c20-15-4-3-13(10-16(15)21)17(25)12-5-8-23(9-6-12)18(26)14-2-1-7-24(11-14)19(22)27/h3-4,10,12,14H,1-2,5-9,11H2,(H2,22,27)/t14-/m0/s1. The van der Waals surface area contributed by atoms with Crippen LogP contribution < -0.4 is 5.73 Å². The van der Waals surface area contributed by atoms with Gasteiger partial charge < -0.3 is 15.5 Å². The maximum atomic E-state index is 13.4. The number of hydrogen-bond acceptors (Lipinski definition) is 3. The highest BCUT2D eigenvalue weighted by molar-refractivity contribution is 5.98. The van der Waals surface area contributed by atoms with E-state index < -0.39 is 17.7 Å². The maximum Gasteiger partial charge on any atom is 0.314 e. The van der Waals surface area contributed by atoms with E-state index in [0.717, 1.165) is 25.0 Å². The molecule has 0 bridgehead atoms. The smallest absolute Gasteiger partial charge is 0.314 e. The van der Waals surface area contributed by atoms with E-state index in [2.05, 4.69) is 0 Å². The molecule has 0 unspecified atom stereocenters. The van der Waals surface area contributed by atoms with Gasteiger partial charge in [-0.05, 0) is 43.9 Å². The fourth-order valence-corrected chi connectivity index (χ4v) is 3.88. The lowest BCUT2D eigenvalue weighted by atomic mass is 9.87. The monoisotopic (exact) mass is 379 g/mol. The van der Waals surface area contributed by atoms with Gasteiger partial charge in [-0.2, -0.15) is 0 Å². The van der Waals surface area contributed by atoms with Crippen LogP contribution in [0, 0.1) is 23.5 Å². The van der Waals surface area contributed by atoms with Gasteiger partial charge in [-0.1, -0.05) is 0 Å². The number of carbonyl (C=O) groups is 3. The summed E-state index contributed by atoms with van der Waals surface area (Å²) < 4.78 is 26.4. The number of amides is 3. The number of urea groups is 1. The van der Waals surface area contributed by atoms with Gasteiger partial charge in [0.25, 0.3) is 0 Å². The number of rotatable bonds is 3. The molecule has 3 rings (SSSR count). The Morgan fingerprint density at radius 1 is 0.926 bits per heavy atom. The van der Waals surface area contributed by atoms with E-state index in [0.29, 0.717) is 39.0 Å². The number of piperidine rings is 2. The zero-order chi connectivity index (χ0) is 19.6. The molecule has 146 valence electrons. The second-order valence-corrected chi connectivity index (χ2v) is 7.22. The predicted molar refractivity (Wildman–Crippen MR) is 93.9 cm³/mol. The number of carbonyl (C=O) groups excluding carboxylic acids is 3. The van der Waals surface area contributed by atoms with Gasteiger partial charge in [0.1, 0.15) is 0 Å². The highest BCUT2D eigenvalue weighted by Gasteiger charge is 2.34.